The highest BCUT2D eigenvalue weighted by Gasteiger charge is 2.13. The molecule has 1 amide bonds. The van der Waals surface area contributed by atoms with Gasteiger partial charge in [0.25, 0.3) is 0 Å². The number of nitrogens with zero attached hydrogens (tertiary/aromatic N) is 3. The smallest absolute Gasteiger partial charge is 0.233 e. The van der Waals surface area contributed by atoms with Crippen molar-refractivity contribution in [3.63, 3.8) is 0 Å². The van der Waals surface area contributed by atoms with Crippen molar-refractivity contribution in [2.75, 3.05) is 13.1 Å². The molecule has 0 aliphatic rings. The fourth-order valence-corrected chi connectivity index (χ4v) is 2.22. The van der Waals surface area contributed by atoms with Gasteiger partial charge in [-0.05, 0) is 27.7 Å². The molecule has 0 saturated carbocycles. The van der Waals surface area contributed by atoms with E-state index in [-0.39, 0.29) is 11.9 Å². The zero-order valence-corrected chi connectivity index (χ0v) is 12.4. The Hall–Kier alpha value is -1.95. The van der Waals surface area contributed by atoms with Crippen molar-refractivity contribution in [1.82, 2.24) is 25.2 Å². The van der Waals surface area contributed by atoms with Gasteiger partial charge in [-0.2, -0.15) is 5.10 Å². The lowest BCUT2D eigenvalue weighted by Gasteiger charge is -2.16. The summed E-state index contributed by atoms with van der Waals surface area (Å²) < 4.78 is 1.84. The van der Waals surface area contributed by atoms with Gasteiger partial charge in [-0.15, -0.1) is 0 Å². The van der Waals surface area contributed by atoms with Crippen molar-refractivity contribution >= 4 is 11.6 Å². The molecule has 0 aromatic carbocycles. The van der Waals surface area contributed by atoms with Gasteiger partial charge in [0.1, 0.15) is 0 Å². The highest BCUT2D eigenvalue weighted by Crippen LogP contribution is 2.17. The molecule has 2 aromatic heterocycles. The Labute approximate surface area is 118 Å². The summed E-state index contributed by atoms with van der Waals surface area (Å²) in [6.45, 7) is 8.83. The minimum Gasteiger partial charge on any atom is -0.355 e. The van der Waals surface area contributed by atoms with Crippen molar-refractivity contribution in [3.8, 4) is 0 Å². The summed E-state index contributed by atoms with van der Waals surface area (Å²) in [5, 5.41) is 10.4. The summed E-state index contributed by atoms with van der Waals surface area (Å²) >= 11 is 0. The van der Waals surface area contributed by atoms with Crippen LogP contribution in [0, 0.1) is 13.8 Å². The van der Waals surface area contributed by atoms with Crippen LogP contribution in [-0.2, 0) is 4.79 Å². The van der Waals surface area contributed by atoms with E-state index in [1.807, 2.05) is 44.5 Å². The standard InChI is InChI=1S/C14H21N5O/c1-5-15-14(20)8-16-10(3)12-7-17-13-6-9(2)18-19(13)11(12)4/h6-7,10,16H,5,8H2,1-4H3,(H,15,20). The van der Waals surface area contributed by atoms with Gasteiger partial charge in [0.2, 0.25) is 5.91 Å². The first-order valence-electron chi connectivity index (χ1n) is 6.85. The van der Waals surface area contributed by atoms with Gasteiger partial charge in [-0.25, -0.2) is 9.50 Å². The van der Waals surface area contributed by atoms with E-state index in [9.17, 15) is 4.79 Å². The first-order valence-corrected chi connectivity index (χ1v) is 6.85. The molecule has 2 aromatic rings. The van der Waals surface area contributed by atoms with Crippen molar-refractivity contribution in [1.29, 1.82) is 0 Å². The Morgan fingerprint density at radius 1 is 1.45 bits per heavy atom. The van der Waals surface area contributed by atoms with Crippen LogP contribution >= 0.6 is 0 Å². The van der Waals surface area contributed by atoms with Crippen LogP contribution in [0.25, 0.3) is 5.65 Å². The summed E-state index contributed by atoms with van der Waals surface area (Å²) in [5.41, 5.74) is 3.88. The summed E-state index contributed by atoms with van der Waals surface area (Å²) in [5.74, 6) is 0.000902. The fourth-order valence-electron chi connectivity index (χ4n) is 2.22. The molecular formula is C14H21N5O. The SMILES string of the molecule is CCNC(=O)CNC(C)c1cnc2cc(C)nn2c1C. The van der Waals surface area contributed by atoms with E-state index >= 15 is 0 Å². The number of aryl methyl sites for hydroxylation is 2. The summed E-state index contributed by atoms with van der Waals surface area (Å²) in [4.78, 5) is 15.9. The molecule has 0 saturated heterocycles. The van der Waals surface area contributed by atoms with Crippen LogP contribution in [0.3, 0.4) is 0 Å². The minimum absolute atomic E-state index is 0.000902. The lowest BCUT2D eigenvalue weighted by atomic mass is 10.1. The third-order valence-corrected chi connectivity index (χ3v) is 3.29. The molecule has 0 aliphatic carbocycles. The van der Waals surface area contributed by atoms with Crippen LogP contribution in [0.15, 0.2) is 12.3 Å². The maximum absolute atomic E-state index is 11.5. The van der Waals surface area contributed by atoms with Crippen LogP contribution in [0.5, 0.6) is 0 Å². The van der Waals surface area contributed by atoms with E-state index in [1.54, 1.807) is 0 Å². The van der Waals surface area contributed by atoms with Gasteiger partial charge in [0.15, 0.2) is 5.65 Å². The molecule has 0 fully saturated rings. The molecule has 0 aliphatic heterocycles. The van der Waals surface area contributed by atoms with Crippen molar-refractivity contribution in [2.24, 2.45) is 0 Å². The number of nitrogens with one attached hydrogen (secondary N) is 2. The molecule has 2 rings (SSSR count). The topological polar surface area (TPSA) is 71.3 Å². The Morgan fingerprint density at radius 3 is 2.90 bits per heavy atom. The number of carbonyl (C=O) groups excluding carboxylic acids is 1. The zero-order valence-electron chi connectivity index (χ0n) is 12.4. The Morgan fingerprint density at radius 2 is 2.20 bits per heavy atom. The van der Waals surface area contributed by atoms with Gasteiger partial charge in [0, 0.05) is 36.1 Å². The Kier molecular flexibility index (Phi) is 4.34. The maximum Gasteiger partial charge on any atom is 0.233 e. The highest BCUT2D eigenvalue weighted by molar-refractivity contribution is 5.77. The second-order valence-electron chi connectivity index (χ2n) is 4.91. The summed E-state index contributed by atoms with van der Waals surface area (Å²) in [6.07, 6.45) is 1.85. The largest absolute Gasteiger partial charge is 0.355 e. The molecular weight excluding hydrogens is 254 g/mol. The third-order valence-electron chi connectivity index (χ3n) is 3.29. The van der Waals surface area contributed by atoms with Crippen molar-refractivity contribution in [3.05, 3.63) is 29.2 Å². The lowest BCUT2D eigenvalue weighted by molar-refractivity contribution is -0.120. The lowest BCUT2D eigenvalue weighted by Crippen LogP contribution is -2.35. The molecule has 1 unspecified atom stereocenters. The number of hydrogen-bond acceptors (Lipinski definition) is 4. The van der Waals surface area contributed by atoms with E-state index in [0.717, 1.165) is 22.6 Å². The Balaban J connectivity index is 2.15. The monoisotopic (exact) mass is 275 g/mol. The number of fused-ring (bicyclic) bond motifs is 1. The van der Waals surface area contributed by atoms with Crippen LogP contribution < -0.4 is 10.6 Å². The average Bonchev–Trinajstić information content (AvgIpc) is 2.78. The van der Waals surface area contributed by atoms with Crippen LogP contribution in [0.4, 0.5) is 0 Å². The molecule has 6 nitrogen and oxygen atoms in total. The molecule has 2 N–H and O–H groups in total. The second-order valence-corrected chi connectivity index (χ2v) is 4.91. The highest BCUT2D eigenvalue weighted by atomic mass is 16.1. The second kappa shape index (κ2) is 6.00. The van der Waals surface area contributed by atoms with Gasteiger partial charge in [0.05, 0.1) is 12.2 Å². The molecule has 2 heterocycles. The van der Waals surface area contributed by atoms with E-state index in [1.165, 1.54) is 0 Å². The predicted octanol–water partition coefficient (Wildman–Crippen LogP) is 1.13. The molecule has 6 heteroatoms. The molecule has 0 spiro atoms. The average molecular weight is 275 g/mol. The molecule has 0 bridgehead atoms. The van der Waals surface area contributed by atoms with Crippen LogP contribution in [0.1, 0.15) is 36.8 Å². The van der Waals surface area contributed by atoms with E-state index in [0.29, 0.717) is 13.1 Å². The maximum atomic E-state index is 11.5. The van der Waals surface area contributed by atoms with Gasteiger partial charge >= 0.3 is 0 Å². The summed E-state index contributed by atoms with van der Waals surface area (Å²) in [7, 11) is 0. The van der Waals surface area contributed by atoms with Crippen molar-refractivity contribution in [2.45, 2.75) is 33.7 Å². The first-order chi connectivity index (χ1) is 9.52. The van der Waals surface area contributed by atoms with Gasteiger partial charge < -0.3 is 10.6 Å². The third kappa shape index (κ3) is 2.96. The Bertz CT molecular complexity index is 619. The van der Waals surface area contributed by atoms with Crippen LogP contribution in [0.2, 0.25) is 0 Å². The number of likely N-dealkylation sites (N-methyl/N-ethyl adjacent to an activating group) is 1. The quantitative estimate of drug-likeness (QED) is 0.858. The fraction of sp³-hybridized carbons (Fsp3) is 0.500. The van der Waals surface area contributed by atoms with E-state index in [4.69, 9.17) is 0 Å². The van der Waals surface area contributed by atoms with E-state index < -0.39 is 0 Å². The number of amides is 1. The minimum atomic E-state index is 0.000902. The van der Waals surface area contributed by atoms with Gasteiger partial charge in [-0.1, -0.05) is 0 Å². The molecule has 1 atom stereocenters. The normalized spacial score (nSPS) is 12.6. The van der Waals surface area contributed by atoms with Crippen LogP contribution in [-0.4, -0.2) is 33.6 Å². The molecule has 108 valence electrons. The number of hydrogen-bond donors (Lipinski definition) is 2. The number of carbonyl (C=O) groups is 1. The molecule has 0 radical (unpaired) electrons. The zero-order chi connectivity index (χ0) is 14.7. The number of aromatic nitrogens is 3. The van der Waals surface area contributed by atoms with E-state index in [2.05, 4.69) is 20.7 Å². The summed E-state index contributed by atoms with van der Waals surface area (Å²) in [6, 6.07) is 1.99. The predicted molar refractivity (Wildman–Crippen MR) is 77.6 cm³/mol. The molecule has 20 heavy (non-hydrogen) atoms. The number of rotatable bonds is 5. The van der Waals surface area contributed by atoms with Gasteiger partial charge in [-0.3, -0.25) is 4.79 Å². The first kappa shape index (κ1) is 14.5. The van der Waals surface area contributed by atoms with Crippen molar-refractivity contribution < 1.29 is 4.79 Å².